The average molecular weight is 746 g/mol. The Morgan fingerprint density at radius 3 is 1.42 bits per heavy atom. The third kappa shape index (κ3) is 11.3. The second-order valence-electron chi connectivity index (χ2n) is 15.8. The van der Waals surface area contributed by atoms with Crippen molar-refractivity contribution in [3.63, 3.8) is 0 Å². The normalized spacial score (nSPS) is 14.3. The molecule has 55 heavy (non-hydrogen) atoms. The first-order valence-corrected chi connectivity index (χ1v) is 20.3. The summed E-state index contributed by atoms with van der Waals surface area (Å²) in [6.45, 7) is 7.60. The highest BCUT2D eigenvalue weighted by Crippen LogP contribution is 2.52. The summed E-state index contributed by atoms with van der Waals surface area (Å²) in [6.07, 6.45) is 17.3. The molecule has 0 aliphatic rings. The number of allylic oxidation sites excluding steroid dienone is 1. The van der Waals surface area contributed by atoms with E-state index in [-0.39, 0.29) is 5.56 Å². The second kappa shape index (κ2) is 21.1. The molecule has 0 radical (unpaired) electrons. The van der Waals surface area contributed by atoms with E-state index in [1.54, 1.807) is 45.0 Å². The number of nitrogens with zero attached hydrogens (tertiary/aromatic N) is 1. The molecule has 0 aliphatic carbocycles. The molecule has 1 amide bonds. The highest BCUT2D eigenvalue weighted by Gasteiger charge is 2.62. The smallest absolute Gasteiger partial charge is 0.236 e. The number of carbonyl (C=O) groups is 2. The van der Waals surface area contributed by atoms with Gasteiger partial charge in [0.15, 0.2) is 17.1 Å². The number of aliphatic hydroxyl groups is 2. The lowest BCUT2D eigenvalue weighted by Gasteiger charge is -2.54. The first-order valence-electron chi connectivity index (χ1n) is 20.3. The van der Waals surface area contributed by atoms with Crippen molar-refractivity contribution in [2.24, 2.45) is 0 Å². The predicted molar refractivity (Wildman–Crippen MR) is 223 cm³/mol. The van der Waals surface area contributed by atoms with Crippen LogP contribution < -0.4 is 0 Å². The Kier molecular flexibility index (Phi) is 16.6. The number of Topliss-reactive ketones (excluding diaryl/α,β-unsaturated/α-hetero) is 1. The molecule has 6 heteroatoms. The van der Waals surface area contributed by atoms with E-state index in [0.29, 0.717) is 29.5 Å². The minimum atomic E-state index is -2.40. The van der Waals surface area contributed by atoms with Crippen LogP contribution in [0, 0.1) is 0 Å². The monoisotopic (exact) mass is 745 g/mol. The van der Waals surface area contributed by atoms with Crippen LogP contribution in [0.2, 0.25) is 0 Å². The molecule has 2 atom stereocenters. The summed E-state index contributed by atoms with van der Waals surface area (Å²) in [5, 5.41) is 27.7. The molecule has 4 rings (SSSR count). The molecule has 0 saturated heterocycles. The number of ketones is 1. The number of carbonyl (C=O) groups excluding carboxylic acids is 2. The lowest BCUT2D eigenvalue weighted by Crippen LogP contribution is -2.67. The summed E-state index contributed by atoms with van der Waals surface area (Å²) in [6, 6.07) is 36.9. The number of hydroxylamine groups is 2. The number of rotatable bonds is 24. The molecule has 0 saturated carbocycles. The van der Waals surface area contributed by atoms with E-state index in [2.05, 4.69) is 6.92 Å². The SMILES string of the molecule is CCCCCCCCCCCCC/C=C/[C@](O)(C[C@@](O)(N(C=O)OC(C)(C)C)C(c1ccccc1)(c1ccccc1)c1ccccc1)C(=O)c1ccccc1. The van der Waals surface area contributed by atoms with Crippen LogP contribution >= 0.6 is 0 Å². The Labute approximate surface area is 330 Å². The maximum atomic E-state index is 14.7. The maximum absolute atomic E-state index is 14.7. The van der Waals surface area contributed by atoms with Crippen molar-refractivity contribution < 1.29 is 24.6 Å². The fourth-order valence-electron chi connectivity index (χ4n) is 7.75. The van der Waals surface area contributed by atoms with Gasteiger partial charge in [0, 0.05) is 12.0 Å². The van der Waals surface area contributed by atoms with E-state index in [1.807, 2.05) is 103 Å². The highest BCUT2D eigenvalue weighted by atomic mass is 16.7. The average Bonchev–Trinajstić information content (AvgIpc) is 3.20. The van der Waals surface area contributed by atoms with Crippen LogP contribution in [0.15, 0.2) is 133 Å². The summed E-state index contributed by atoms with van der Waals surface area (Å²) in [7, 11) is 0. The zero-order valence-electron chi connectivity index (χ0n) is 33.5. The number of amides is 1. The molecule has 4 aromatic carbocycles. The van der Waals surface area contributed by atoms with Gasteiger partial charge in [-0.05, 0) is 56.4 Å². The van der Waals surface area contributed by atoms with E-state index >= 15 is 0 Å². The van der Waals surface area contributed by atoms with Gasteiger partial charge in [-0.2, -0.15) is 5.06 Å². The van der Waals surface area contributed by atoms with E-state index in [9.17, 15) is 19.8 Å². The van der Waals surface area contributed by atoms with Crippen molar-refractivity contribution >= 4 is 12.2 Å². The molecule has 0 bridgehead atoms. The first kappa shape index (κ1) is 43.4. The first-order chi connectivity index (χ1) is 26.5. The maximum Gasteiger partial charge on any atom is 0.236 e. The van der Waals surface area contributed by atoms with Gasteiger partial charge in [0.2, 0.25) is 6.41 Å². The largest absolute Gasteiger partial charge is 0.377 e. The van der Waals surface area contributed by atoms with Crippen molar-refractivity contribution in [1.29, 1.82) is 0 Å². The standard InChI is InChI=1S/C49H63NO5/c1-5-6-7-8-9-10-11-12-13-14-15-16-29-38-47(53,45(52)41-30-21-17-22-31-41)39-48(54,50(40-51)55-46(2,3)4)49(42-32-23-18-24-33-42,43-34-25-19-26-35-43)44-36-27-20-28-37-44/h17-38,40,53-54H,5-16,39H2,1-4H3/b38-29+/t47-,48-/m0/s1. The van der Waals surface area contributed by atoms with E-state index < -0.39 is 34.5 Å². The summed E-state index contributed by atoms with van der Waals surface area (Å²) < 4.78 is 0. The third-order valence-corrected chi connectivity index (χ3v) is 10.4. The Balaban J connectivity index is 1.81. The molecule has 0 unspecified atom stereocenters. The van der Waals surface area contributed by atoms with Gasteiger partial charge in [-0.3, -0.25) is 14.4 Å². The molecular formula is C49H63NO5. The lowest BCUT2D eigenvalue weighted by atomic mass is 9.59. The van der Waals surface area contributed by atoms with E-state index in [4.69, 9.17) is 4.84 Å². The van der Waals surface area contributed by atoms with Crippen LogP contribution in [0.3, 0.4) is 0 Å². The zero-order chi connectivity index (χ0) is 39.6. The molecule has 0 spiro atoms. The third-order valence-electron chi connectivity index (χ3n) is 10.4. The van der Waals surface area contributed by atoms with Crippen LogP contribution in [0.5, 0.6) is 0 Å². The van der Waals surface area contributed by atoms with Crippen LogP contribution in [-0.4, -0.2) is 44.4 Å². The van der Waals surface area contributed by atoms with Crippen molar-refractivity contribution in [3.05, 3.63) is 156 Å². The molecule has 0 heterocycles. The van der Waals surface area contributed by atoms with E-state index in [0.717, 1.165) is 24.3 Å². The molecule has 6 nitrogen and oxygen atoms in total. The van der Waals surface area contributed by atoms with Gasteiger partial charge in [-0.1, -0.05) is 199 Å². The Bertz CT molecular complexity index is 1620. The van der Waals surface area contributed by atoms with Gasteiger partial charge in [0.25, 0.3) is 0 Å². The Morgan fingerprint density at radius 2 is 1.02 bits per heavy atom. The van der Waals surface area contributed by atoms with E-state index in [1.165, 1.54) is 57.4 Å². The van der Waals surface area contributed by atoms with Crippen LogP contribution in [-0.2, 0) is 15.0 Å². The van der Waals surface area contributed by atoms with Gasteiger partial charge >= 0.3 is 0 Å². The van der Waals surface area contributed by atoms with Crippen LogP contribution in [0.25, 0.3) is 0 Å². The second-order valence-corrected chi connectivity index (χ2v) is 15.8. The van der Waals surface area contributed by atoms with Gasteiger partial charge in [0.05, 0.1) is 11.0 Å². The van der Waals surface area contributed by atoms with Gasteiger partial charge in [0.1, 0.15) is 0 Å². The van der Waals surface area contributed by atoms with Crippen LogP contribution in [0.4, 0.5) is 0 Å². The molecule has 0 fully saturated rings. The van der Waals surface area contributed by atoms with Gasteiger partial charge in [-0.15, -0.1) is 0 Å². The Morgan fingerprint density at radius 1 is 0.618 bits per heavy atom. The molecule has 0 aliphatic heterocycles. The summed E-state index contributed by atoms with van der Waals surface area (Å²) in [5.41, 5.74) is -4.98. The quantitative estimate of drug-likeness (QED) is 0.0142. The fraction of sp³-hybridized carbons (Fsp3) is 0.429. The van der Waals surface area contributed by atoms with Crippen molar-refractivity contribution in [2.75, 3.05) is 0 Å². The predicted octanol–water partition coefficient (Wildman–Crippen LogP) is 11.2. The summed E-state index contributed by atoms with van der Waals surface area (Å²) in [4.78, 5) is 34.4. The number of hydrogen-bond acceptors (Lipinski definition) is 5. The molecular weight excluding hydrogens is 683 g/mol. The molecule has 0 aromatic heterocycles. The highest BCUT2D eigenvalue weighted by molar-refractivity contribution is 6.03. The summed E-state index contributed by atoms with van der Waals surface area (Å²) in [5.74, 6) is -0.591. The Hall–Kier alpha value is -4.36. The van der Waals surface area contributed by atoms with Crippen molar-refractivity contribution in [2.45, 2.75) is 134 Å². The van der Waals surface area contributed by atoms with Gasteiger partial charge < -0.3 is 10.2 Å². The topological polar surface area (TPSA) is 87.1 Å². The fourth-order valence-corrected chi connectivity index (χ4v) is 7.75. The number of unbranched alkanes of at least 4 members (excludes halogenated alkanes) is 11. The summed E-state index contributed by atoms with van der Waals surface area (Å²) >= 11 is 0. The van der Waals surface area contributed by atoms with Crippen LogP contribution in [0.1, 0.15) is 138 Å². The van der Waals surface area contributed by atoms with Crippen molar-refractivity contribution in [1.82, 2.24) is 5.06 Å². The number of benzene rings is 4. The molecule has 2 N–H and O–H groups in total. The lowest BCUT2D eigenvalue weighted by molar-refractivity contribution is -0.325. The number of hydrogen-bond donors (Lipinski definition) is 2. The zero-order valence-corrected chi connectivity index (χ0v) is 33.5. The minimum Gasteiger partial charge on any atom is -0.377 e. The minimum absolute atomic E-state index is 0.283. The molecule has 4 aromatic rings. The van der Waals surface area contributed by atoms with Gasteiger partial charge in [-0.25, -0.2) is 0 Å². The molecule has 294 valence electrons. The van der Waals surface area contributed by atoms with Crippen molar-refractivity contribution in [3.8, 4) is 0 Å².